The van der Waals surface area contributed by atoms with Gasteiger partial charge in [0.05, 0.1) is 14.6 Å². The summed E-state index contributed by atoms with van der Waals surface area (Å²) in [5.41, 5.74) is 0. The average molecular weight is 301 g/mol. The molecule has 1 aromatic heterocycles. The standard InChI is InChI=1S/C9H8ClF3N2O2S/c1-2-18(17,15-8(16)9(11,12)13)6-3-4-7(10)14-5-6/h3-5H,2H2,1H3. The van der Waals surface area contributed by atoms with Crippen molar-refractivity contribution in [3.63, 3.8) is 0 Å². The molecule has 1 heterocycles. The van der Waals surface area contributed by atoms with E-state index in [0.717, 1.165) is 6.20 Å². The van der Waals surface area contributed by atoms with Crippen LogP contribution in [0.15, 0.2) is 27.6 Å². The number of hydrogen-bond acceptors (Lipinski definition) is 3. The Kier molecular flexibility index (Phi) is 4.33. The van der Waals surface area contributed by atoms with Crippen LogP contribution >= 0.6 is 11.6 Å². The average Bonchev–Trinajstić information content (AvgIpc) is 2.28. The molecule has 0 aliphatic carbocycles. The largest absolute Gasteiger partial charge is 0.474 e. The topological polar surface area (TPSA) is 59.4 Å². The van der Waals surface area contributed by atoms with E-state index >= 15 is 0 Å². The minimum absolute atomic E-state index is 0.0630. The molecule has 0 fully saturated rings. The maximum absolute atomic E-state index is 12.2. The third kappa shape index (κ3) is 3.42. The van der Waals surface area contributed by atoms with Gasteiger partial charge in [-0.15, -0.1) is 4.36 Å². The van der Waals surface area contributed by atoms with Gasteiger partial charge in [0.2, 0.25) is 0 Å². The van der Waals surface area contributed by atoms with Crippen LogP contribution in [0.2, 0.25) is 5.15 Å². The highest BCUT2D eigenvalue weighted by atomic mass is 35.5. The molecule has 100 valence electrons. The molecule has 0 saturated carbocycles. The lowest BCUT2D eigenvalue weighted by molar-refractivity contribution is -0.169. The van der Waals surface area contributed by atoms with Gasteiger partial charge < -0.3 is 0 Å². The number of rotatable bonds is 2. The first-order valence-electron chi connectivity index (χ1n) is 4.66. The zero-order valence-electron chi connectivity index (χ0n) is 9.07. The van der Waals surface area contributed by atoms with E-state index < -0.39 is 21.8 Å². The highest BCUT2D eigenvalue weighted by Crippen LogP contribution is 2.21. The third-order valence-electron chi connectivity index (χ3n) is 1.93. The minimum atomic E-state index is -5.14. The summed E-state index contributed by atoms with van der Waals surface area (Å²) in [7, 11) is -3.47. The van der Waals surface area contributed by atoms with Gasteiger partial charge in [0, 0.05) is 11.9 Å². The van der Waals surface area contributed by atoms with E-state index in [9.17, 15) is 22.2 Å². The Morgan fingerprint density at radius 3 is 2.50 bits per heavy atom. The monoisotopic (exact) mass is 300 g/mol. The van der Waals surface area contributed by atoms with Crippen molar-refractivity contribution in [2.75, 3.05) is 5.75 Å². The van der Waals surface area contributed by atoms with Crippen molar-refractivity contribution < 1.29 is 22.2 Å². The summed E-state index contributed by atoms with van der Waals surface area (Å²) in [4.78, 5) is 14.3. The van der Waals surface area contributed by atoms with E-state index in [-0.39, 0.29) is 15.8 Å². The van der Waals surface area contributed by atoms with Crippen molar-refractivity contribution >= 4 is 27.2 Å². The van der Waals surface area contributed by atoms with Crippen LogP contribution in [0.25, 0.3) is 0 Å². The molecular formula is C9H8ClF3N2O2S. The molecule has 0 aliphatic heterocycles. The van der Waals surface area contributed by atoms with E-state index in [1.807, 2.05) is 0 Å². The van der Waals surface area contributed by atoms with Gasteiger partial charge in [-0.3, -0.25) is 4.79 Å². The lowest BCUT2D eigenvalue weighted by atomic mass is 10.5. The summed E-state index contributed by atoms with van der Waals surface area (Å²) < 4.78 is 51.2. The van der Waals surface area contributed by atoms with E-state index in [1.165, 1.54) is 19.1 Å². The number of alkyl halides is 3. The van der Waals surface area contributed by atoms with Crippen LogP contribution in [0, 0.1) is 0 Å². The minimum Gasteiger partial charge on any atom is -0.261 e. The van der Waals surface area contributed by atoms with Crippen LogP contribution < -0.4 is 0 Å². The zero-order chi connectivity index (χ0) is 14.0. The molecule has 0 aliphatic rings. The van der Waals surface area contributed by atoms with E-state index in [0.29, 0.717) is 0 Å². The second-order valence-corrected chi connectivity index (χ2v) is 6.04. The van der Waals surface area contributed by atoms with Crippen LogP contribution in [-0.4, -0.2) is 27.0 Å². The van der Waals surface area contributed by atoms with Crippen LogP contribution in [0.4, 0.5) is 13.2 Å². The molecule has 1 amide bonds. The number of carbonyl (C=O) groups excluding carboxylic acids is 1. The van der Waals surface area contributed by atoms with Crippen molar-refractivity contribution in [1.82, 2.24) is 4.98 Å². The molecule has 18 heavy (non-hydrogen) atoms. The number of pyridine rings is 1. The predicted octanol–water partition coefficient (Wildman–Crippen LogP) is 2.67. The summed E-state index contributed by atoms with van der Waals surface area (Å²) in [6.45, 7) is 1.37. The molecule has 0 N–H and O–H groups in total. The second kappa shape index (κ2) is 5.23. The molecule has 1 aromatic rings. The van der Waals surface area contributed by atoms with Crippen molar-refractivity contribution in [3.8, 4) is 0 Å². The van der Waals surface area contributed by atoms with Gasteiger partial charge in [0.1, 0.15) is 5.15 Å². The Morgan fingerprint density at radius 1 is 1.50 bits per heavy atom. The molecule has 0 radical (unpaired) electrons. The molecule has 0 bridgehead atoms. The summed E-state index contributed by atoms with van der Waals surface area (Å²) in [5, 5.41) is 0.0961. The Balaban J connectivity index is 3.30. The van der Waals surface area contributed by atoms with Gasteiger partial charge in [0.25, 0.3) is 0 Å². The highest BCUT2D eigenvalue weighted by molar-refractivity contribution is 7.93. The van der Waals surface area contributed by atoms with Crippen LogP contribution in [0.3, 0.4) is 0 Å². The van der Waals surface area contributed by atoms with E-state index in [2.05, 4.69) is 9.35 Å². The summed E-state index contributed by atoms with van der Waals surface area (Å²) in [5.74, 6) is -2.61. The second-order valence-electron chi connectivity index (χ2n) is 3.14. The molecule has 0 saturated heterocycles. The molecular weight excluding hydrogens is 293 g/mol. The Bertz CT molecular complexity index is 562. The van der Waals surface area contributed by atoms with Gasteiger partial charge in [0.15, 0.2) is 0 Å². The molecule has 0 spiro atoms. The van der Waals surface area contributed by atoms with Gasteiger partial charge >= 0.3 is 12.1 Å². The Morgan fingerprint density at radius 2 is 2.11 bits per heavy atom. The van der Waals surface area contributed by atoms with Crippen LogP contribution in [-0.2, 0) is 14.5 Å². The van der Waals surface area contributed by atoms with Crippen molar-refractivity contribution in [2.45, 2.75) is 18.0 Å². The maximum Gasteiger partial charge on any atom is 0.474 e. The number of aromatic nitrogens is 1. The fourth-order valence-electron chi connectivity index (χ4n) is 1.02. The van der Waals surface area contributed by atoms with Crippen molar-refractivity contribution in [1.29, 1.82) is 0 Å². The summed E-state index contributed by atoms with van der Waals surface area (Å²) >= 11 is 5.50. The summed E-state index contributed by atoms with van der Waals surface area (Å²) in [6.07, 6.45) is -4.10. The van der Waals surface area contributed by atoms with E-state index in [1.54, 1.807) is 0 Å². The molecule has 0 aromatic carbocycles. The first-order chi connectivity index (χ1) is 8.19. The fraction of sp³-hybridized carbons (Fsp3) is 0.333. The first kappa shape index (κ1) is 14.9. The van der Waals surface area contributed by atoms with Crippen LogP contribution in [0.5, 0.6) is 0 Å². The Hall–Kier alpha value is -1.15. The smallest absolute Gasteiger partial charge is 0.261 e. The number of amides is 1. The fourth-order valence-corrected chi connectivity index (χ4v) is 2.57. The maximum atomic E-state index is 12.2. The van der Waals surface area contributed by atoms with E-state index in [4.69, 9.17) is 11.6 Å². The lowest BCUT2D eigenvalue weighted by Gasteiger charge is -2.08. The van der Waals surface area contributed by atoms with Gasteiger partial charge in [-0.1, -0.05) is 18.5 Å². The van der Waals surface area contributed by atoms with Gasteiger partial charge in [-0.25, -0.2) is 9.19 Å². The molecule has 4 nitrogen and oxygen atoms in total. The summed E-state index contributed by atoms with van der Waals surface area (Å²) in [6, 6.07) is 2.49. The zero-order valence-corrected chi connectivity index (χ0v) is 10.6. The number of nitrogens with zero attached hydrogens (tertiary/aromatic N) is 2. The third-order valence-corrected chi connectivity index (χ3v) is 4.38. The van der Waals surface area contributed by atoms with Gasteiger partial charge in [-0.05, 0) is 12.1 Å². The van der Waals surface area contributed by atoms with Crippen molar-refractivity contribution in [2.24, 2.45) is 4.36 Å². The lowest BCUT2D eigenvalue weighted by Crippen LogP contribution is -2.22. The molecule has 1 rings (SSSR count). The highest BCUT2D eigenvalue weighted by Gasteiger charge is 2.39. The molecule has 1 unspecified atom stereocenters. The Labute approximate surface area is 106 Å². The van der Waals surface area contributed by atoms with Crippen LogP contribution in [0.1, 0.15) is 6.92 Å². The molecule has 1 atom stereocenters. The number of carbonyl (C=O) groups is 1. The number of halogens is 4. The normalized spacial score (nSPS) is 14.9. The quantitative estimate of drug-likeness (QED) is 0.789. The molecule has 9 heteroatoms. The SMILES string of the molecule is CCS(=O)(=NC(=O)C(F)(F)F)c1ccc(Cl)nc1. The predicted molar refractivity (Wildman–Crippen MR) is 59.7 cm³/mol. The number of hydrogen-bond donors (Lipinski definition) is 0. The van der Waals surface area contributed by atoms with Gasteiger partial charge in [-0.2, -0.15) is 13.2 Å². The first-order valence-corrected chi connectivity index (χ1v) is 6.73. The van der Waals surface area contributed by atoms with Crippen molar-refractivity contribution in [3.05, 3.63) is 23.5 Å².